The molecule has 3 nitrogen and oxygen atoms in total. The Morgan fingerprint density at radius 1 is 1.14 bits per heavy atom. The summed E-state index contributed by atoms with van der Waals surface area (Å²) in [4.78, 5) is 11.8. The predicted molar refractivity (Wildman–Crippen MR) is 144 cm³/mol. The first-order chi connectivity index (χ1) is 16.1. The Morgan fingerprint density at radius 2 is 1.83 bits per heavy atom. The van der Waals surface area contributed by atoms with Crippen LogP contribution in [0.2, 0.25) is 0 Å². The largest absolute Gasteiger partial charge is 0.462 e. The molecule has 0 amide bonds. The fraction of sp³-hybridized carbons (Fsp3) is 0.844. The average Bonchev–Trinajstić information content (AvgIpc) is 3.00. The second-order valence-electron chi connectivity index (χ2n) is 14.7. The normalized spacial score (nSPS) is 43.7. The van der Waals surface area contributed by atoms with Crippen LogP contribution in [0.1, 0.15) is 114 Å². The molecule has 3 saturated carbocycles. The minimum absolute atomic E-state index is 0.00188. The maximum atomic E-state index is 11.8. The molecule has 0 aromatic heterocycles. The molecule has 198 valence electrons. The van der Waals surface area contributed by atoms with Gasteiger partial charge in [-0.05, 0) is 105 Å². The van der Waals surface area contributed by atoms with Crippen molar-refractivity contribution in [2.75, 3.05) is 0 Å². The van der Waals surface area contributed by atoms with Gasteiger partial charge in [-0.2, -0.15) is 0 Å². The third-order valence-corrected chi connectivity index (χ3v) is 11.9. The summed E-state index contributed by atoms with van der Waals surface area (Å²) >= 11 is 0. The van der Waals surface area contributed by atoms with Crippen molar-refractivity contribution in [1.29, 1.82) is 0 Å². The number of esters is 1. The van der Waals surface area contributed by atoms with Crippen molar-refractivity contribution >= 4 is 5.97 Å². The molecule has 0 saturated heterocycles. The Bertz CT molecular complexity index is 891. The highest BCUT2D eigenvalue weighted by atomic mass is 16.5. The van der Waals surface area contributed by atoms with Gasteiger partial charge in [-0.25, -0.2) is 0 Å². The first-order valence-electron chi connectivity index (χ1n) is 14.3. The zero-order chi connectivity index (χ0) is 26.0. The lowest BCUT2D eigenvalue weighted by Crippen LogP contribution is -2.58. The lowest BCUT2D eigenvalue weighted by molar-refractivity contribution is -0.174. The summed E-state index contributed by atoms with van der Waals surface area (Å²) in [6.45, 7) is 20.2. The zero-order valence-corrected chi connectivity index (χ0v) is 24.0. The maximum absolute atomic E-state index is 11.8. The van der Waals surface area contributed by atoms with E-state index in [0.29, 0.717) is 23.2 Å². The fourth-order valence-electron chi connectivity index (χ4n) is 9.79. The number of hydrogen-bond donors (Lipinski definition) is 1. The molecule has 0 aliphatic heterocycles. The van der Waals surface area contributed by atoms with E-state index in [1.54, 1.807) is 12.5 Å². The topological polar surface area (TPSA) is 46.5 Å². The van der Waals surface area contributed by atoms with E-state index in [0.717, 1.165) is 31.6 Å². The molecule has 4 aliphatic carbocycles. The third-order valence-electron chi connectivity index (χ3n) is 11.9. The summed E-state index contributed by atoms with van der Waals surface area (Å²) in [5.41, 5.74) is 1.95. The van der Waals surface area contributed by atoms with E-state index in [1.807, 2.05) is 19.9 Å². The van der Waals surface area contributed by atoms with E-state index in [4.69, 9.17) is 4.74 Å². The first-order valence-corrected chi connectivity index (χ1v) is 14.3. The highest BCUT2D eigenvalue weighted by Crippen LogP contribution is 2.73. The second kappa shape index (κ2) is 8.74. The number of aliphatic hydroxyl groups is 1. The first kappa shape index (κ1) is 27.0. The summed E-state index contributed by atoms with van der Waals surface area (Å²) < 4.78 is 5.85. The lowest BCUT2D eigenvalue weighted by atomic mass is 9.41. The van der Waals surface area contributed by atoms with E-state index in [-0.39, 0.29) is 28.3 Å². The van der Waals surface area contributed by atoms with E-state index in [2.05, 4.69) is 53.7 Å². The molecule has 8 atom stereocenters. The molecule has 0 spiro atoms. The molecular weight excluding hydrogens is 432 g/mol. The van der Waals surface area contributed by atoms with Gasteiger partial charge in [0, 0.05) is 12.3 Å². The summed E-state index contributed by atoms with van der Waals surface area (Å²) in [5.74, 6) is 2.42. The fourth-order valence-corrected chi connectivity index (χ4v) is 9.79. The summed E-state index contributed by atoms with van der Waals surface area (Å²) in [7, 11) is 0. The monoisotopic (exact) mass is 484 g/mol. The van der Waals surface area contributed by atoms with Crippen LogP contribution >= 0.6 is 0 Å². The molecule has 3 heteroatoms. The highest BCUT2D eigenvalue weighted by molar-refractivity contribution is 5.66. The van der Waals surface area contributed by atoms with E-state index in [9.17, 15) is 9.90 Å². The van der Waals surface area contributed by atoms with Crippen LogP contribution in [0.3, 0.4) is 0 Å². The Balaban J connectivity index is 1.60. The van der Waals surface area contributed by atoms with Gasteiger partial charge in [0.2, 0.25) is 0 Å². The number of carbonyl (C=O) groups excluding carboxylic acids is 1. The van der Waals surface area contributed by atoms with Crippen LogP contribution in [-0.2, 0) is 9.53 Å². The van der Waals surface area contributed by atoms with E-state index < -0.39 is 5.60 Å². The minimum atomic E-state index is -0.729. The molecular formula is C32H52O3. The van der Waals surface area contributed by atoms with Crippen molar-refractivity contribution in [3.05, 3.63) is 23.8 Å². The van der Waals surface area contributed by atoms with Gasteiger partial charge in [-0.1, -0.05) is 65.3 Å². The van der Waals surface area contributed by atoms with Gasteiger partial charge in [0.05, 0.1) is 5.60 Å². The number of carbonyl (C=O) groups is 1. The Hall–Kier alpha value is -1.09. The van der Waals surface area contributed by atoms with Crippen molar-refractivity contribution in [3.63, 3.8) is 0 Å². The van der Waals surface area contributed by atoms with Gasteiger partial charge in [0.1, 0.15) is 6.10 Å². The van der Waals surface area contributed by atoms with Crippen molar-refractivity contribution in [2.24, 2.45) is 45.3 Å². The average molecular weight is 485 g/mol. The molecule has 4 aliphatic rings. The smallest absolute Gasteiger partial charge is 0.302 e. The van der Waals surface area contributed by atoms with Gasteiger partial charge in [0.25, 0.3) is 0 Å². The predicted octanol–water partition coefficient (Wildman–Crippen LogP) is 7.88. The van der Waals surface area contributed by atoms with Crippen LogP contribution in [0.25, 0.3) is 0 Å². The number of ether oxygens (including phenoxy) is 1. The molecule has 4 rings (SSSR count). The van der Waals surface area contributed by atoms with Gasteiger partial charge >= 0.3 is 5.97 Å². The van der Waals surface area contributed by atoms with Crippen molar-refractivity contribution in [3.8, 4) is 0 Å². The molecule has 0 heterocycles. The maximum Gasteiger partial charge on any atom is 0.302 e. The second-order valence-corrected chi connectivity index (χ2v) is 14.7. The van der Waals surface area contributed by atoms with Crippen molar-refractivity contribution < 1.29 is 14.6 Å². The number of fused-ring (bicyclic) bond motifs is 5. The standard InChI is InChI=1S/C32H52O3/c1-21(11-10-17-28(3,4)34)23-14-19-32(9)25-12-13-26-29(5,6)27(35-22(2)33)16-18-30(26,7)24(25)15-20-31(23,32)8/h10,12,17,21,23-24,26-27,34H,11,13-16,18-20H2,1-9H3. The van der Waals surface area contributed by atoms with E-state index >= 15 is 0 Å². The van der Waals surface area contributed by atoms with Crippen molar-refractivity contribution in [1.82, 2.24) is 0 Å². The van der Waals surface area contributed by atoms with Crippen LogP contribution in [0.4, 0.5) is 0 Å². The Kier molecular flexibility index (Phi) is 6.73. The quantitative estimate of drug-likeness (QED) is 0.319. The van der Waals surface area contributed by atoms with Crippen LogP contribution in [0.5, 0.6) is 0 Å². The summed E-state index contributed by atoms with van der Waals surface area (Å²) in [6.07, 6.45) is 16.4. The van der Waals surface area contributed by atoms with Crippen LogP contribution in [0, 0.1) is 45.3 Å². The number of allylic oxidation sites excluding steroid dienone is 3. The minimum Gasteiger partial charge on any atom is -0.462 e. The Labute approximate surface area is 215 Å². The molecule has 1 N–H and O–H groups in total. The third kappa shape index (κ3) is 4.26. The molecule has 35 heavy (non-hydrogen) atoms. The SMILES string of the molecule is CC(=O)OC1CCC2(C)C3CCC4(C)C(C(C)CC=CC(C)(C)O)CCC4(C)C3=CCC2C1(C)C. The highest BCUT2D eigenvalue weighted by Gasteiger charge is 2.65. The molecule has 8 unspecified atom stereocenters. The van der Waals surface area contributed by atoms with Gasteiger partial charge in [-0.3, -0.25) is 4.79 Å². The molecule has 3 fully saturated rings. The summed E-state index contributed by atoms with van der Waals surface area (Å²) in [5, 5.41) is 10.1. The molecule has 0 aromatic rings. The number of hydrogen-bond acceptors (Lipinski definition) is 3. The van der Waals surface area contributed by atoms with Crippen LogP contribution in [-0.4, -0.2) is 22.8 Å². The zero-order valence-electron chi connectivity index (χ0n) is 24.0. The van der Waals surface area contributed by atoms with Crippen LogP contribution < -0.4 is 0 Å². The molecule has 0 radical (unpaired) electrons. The van der Waals surface area contributed by atoms with Crippen LogP contribution in [0.15, 0.2) is 23.8 Å². The molecule has 0 bridgehead atoms. The summed E-state index contributed by atoms with van der Waals surface area (Å²) in [6, 6.07) is 0. The van der Waals surface area contributed by atoms with Crippen molar-refractivity contribution in [2.45, 2.75) is 125 Å². The van der Waals surface area contributed by atoms with Gasteiger partial charge in [0.15, 0.2) is 0 Å². The Morgan fingerprint density at radius 3 is 2.46 bits per heavy atom. The van der Waals surface area contributed by atoms with Gasteiger partial charge in [-0.15, -0.1) is 0 Å². The number of rotatable bonds is 5. The van der Waals surface area contributed by atoms with E-state index in [1.165, 1.54) is 25.7 Å². The van der Waals surface area contributed by atoms with Gasteiger partial charge < -0.3 is 9.84 Å². The lowest BCUT2D eigenvalue weighted by Gasteiger charge is -2.64. The molecule has 0 aromatic carbocycles.